The zero-order valence-electron chi connectivity index (χ0n) is 9.93. The molecule has 0 radical (unpaired) electrons. The zero-order chi connectivity index (χ0) is 11.7. The average molecular weight is 228 g/mol. The number of nitrogens with zero attached hydrogens (tertiary/aromatic N) is 3. The first-order valence-corrected chi connectivity index (χ1v) is 6.01. The highest BCUT2D eigenvalue weighted by molar-refractivity contribution is 5.62. The fraction of sp³-hybridized carbons (Fsp3) is 0.385. The van der Waals surface area contributed by atoms with E-state index in [-0.39, 0.29) is 0 Å². The highest BCUT2D eigenvalue weighted by atomic mass is 15.2. The van der Waals surface area contributed by atoms with Crippen molar-refractivity contribution in [3.8, 4) is 11.4 Å². The normalized spacial score (nSPS) is 14.9. The van der Waals surface area contributed by atoms with E-state index >= 15 is 0 Å². The van der Waals surface area contributed by atoms with Gasteiger partial charge in [0, 0.05) is 24.8 Å². The van der Waals surface area contributed by atoms with Crippen LogP contribution in [0, 0.1) is 5.92 Å². The fourth-order valence-electron chi connectivity index (χ4n) is 1.90. The lowest BCUT2D eigenvalue weighted by Gasteiger charge is -2.07. The predicted octanol–water partition coefficient (Wildman–Crippen LogP) is 2.30. The number of aryl methyl sites for hydroxylation is 1. The summed E-state index contributed by atoms with van der Waals surface area (Å²) in [5.74, 6) is 1.79. The van der Waals surface area contributed by atoms with Crippen molar-refractivity contribution >= 4 is 5.69 Å². The van der Waals surface area contributed by atoms with Crippen LogP contribution in [-0.2, 0) is 7.05 Å². The summed E-state index contributed by atoms with van der Waals surface area (Å²) in [6, 6.07) is 8.35. The molecule has 1 aromatic carbocycles. The van der Waals surface area contributed by atoms with Gasteiger partial charge in [-0.05, 0) is 30.9 Å². The molecule has 1 aromatic heterocycles. The molecule has 0 spiro atoms. The van der Waals surface area contributed by atoms with Gasteiger partial charge in [-0.1, -0.05) is 12.1 Å². The predicted molar refractivity (Wildman–Crippen MR) is 67.7 cm³/mol. The molecule has 0 amide bonds. The summed E-state index contributed by atoms with van der Waals surface area (Å²) in [7, 11) is 1.96. The lowest BCUT2D eigenvalue weighted by molar-refractivity contribution is 0.889. The summed E-state index contributed by atoms with van der Waals surface area (Å²) in [6.07, 6.45) is 4.46. The van der Waals surface area contributed by atoms with Gasteiger partial charge >= 0.3 is 0 Å². The molecule has 0 atom stereocenters. The first kappa shape index (κ1) is 10.3. The Morgan fingerprint density at radius 3 is 3.00 bits per heavy atom. The van der Waals surface area contributed by atoms with Gasteiger partial charge in [0.2, 0.25) is 0 Å². The van der Waals surface area contributed by atoms with Crippen molar-refractivity contribution < 1.29 is 0 Å². The number of nitrogens with one attached hydrogen (secondary N) is 1. The molecular weight excluding hydrogens is 212 g/mol. The molecule has 3 rings (SSSR count). The summed E-state index contributed by atoms with van der Waals surface area (Å²) >= 11 is 0. The van der Waals surface area contributed by atoms with E-state index in [1.807, 2.05) is 11.6 Å². The number of aromatic nitrogens is 3. The van der Waals surface area contributed by atoms with Crippen molar-refractivity contribution in [2.75, 3.05) is 11.9 Å². The van der Waals surface area contributed by atoms with E-state index in [0.29, 0.717) is 0 Å². The van der Waals surface area contributed by atoms with Crippen molar-refractivity contribution in [3.63, 3.8) is 0 Å². The number of hydrogen-bond donors (Lipinski definition) is 1. The van der Waals surface area contributed by atoms with Gasteiger partial charge < -0.3 is 9.88 Å². The van der Waals surface area contributed by atoms with E-state index in [9.17, 15) is 0 Å². The number of benzene rings is 1. The third-order valence-corrected chi connectivity index (χ3v) is 3.12. The van der Waals surface area contributed by atoms with Gasteiger partial charge in [-0.2, -0.15) is 0 Å². The Kier molecular flexibility index (Phi) is 2.55. The Morgan fingerprint density at radius 1 is 1.41 bits per heavy atom. The van der Waals surface area contributed by atoms with Crippen LogP contribution in [0.5, 0.6) is 0 Å². The molecule has 17 heavy (non-hydrogen) atoms. The molecule has 1 fully saturated rings. The van der Waals surface area contributed by atoms with E-state index in [4.69, 9.17) is 0 Å². The molecular formula is C13H16N4. The van der Waals surface area contributed by atoms with Crippen LogP contribution in [0.25, 0.3) is 11.4 Å². The van der Waals surface area contributed by atoms with Crippen LogP contribution < -0.4 is 5.32 Å². The first-order valence-electron chi connectivity index (χ1n) is 6.01. The van der Waals surface area contributed by atoms with E-state index < -0.39 is 0 Å². The molecule has 2 aromatic rings. The monoisotopic (exact) mass is 228 g/mol. The summed E-state index contributed by atoms with van der Waals surface area (Å²) in [5.41, 5.74) is 2.27. The highest BCUT2D eigenvalue weighted by Gasteiger charge is 2.20. The number of hydrogen-bond acceptors (Lipinski definition) is 3. The molecule has 4 nitrogen and oxygen atoms in total. The molecule has 88 valence electrons. The lowest BCUT2D eigenvalue weighted by atomic mass is 10.2. The Balaban J connectivity index is 1.80. The van der Waals surface area contributed by atoms with Gasteiger partial charge in [-0.15, -0.1) is 10.2 Å². The second kappa shape index (κ2) is 4.20. The quantitative estimate of drug-likeness (QED) is 0.873. The molecule has 0 aliphatic heterocycles. The molecule has 1 heterocycles. The van der Waals surface area contributed by atoms with Crippen molar-refractivity contribution in [2.45, 2.75) is 12.8 Å². The molecule has 0 saturated heterocycles. The van der Waals surface area contributed by atoms with E-state index in [1.165, 1.54) is 12.8 Å². The molecule has 0 bridgehead atoms. The van der Waals surface area contributed by atoms with Crippen LogP contribution in [-0.4, -0.2) is 21.3 Å². The second-order valence-electron chi connectivity index (χ2n) is 4.67. The Bertz CT molecular complexity index is 514. The van der Waals surface area contributed by atoms with Gasteiger partial charge in [0.1, 0.15) is 6.33 Å². The van der Waals surface area contributed by atoms with Gasteiger partial charge in [-0.25, -0.2) is 0 Å². The second-order valence-corrected chi connectivity index (χ2v) is 4.67. The minimum atomic E-state index is 0.883. The van der Waals surface area contributed by atoms with Crippen molar-refractivity contribution in [3.05, 3.63) is 30.6 Å². The maximum absolute atomic E-state index is 4.12. The van der Waals surface area contributed by atoms with Crippen molar-refractivity contribution in [1.82, 2.24) is 14.8 Å². The van der Waals surface area contributed by atoms with Crippen LogP contribution in [0.2, 0.25) is 0 Å². The molecule has 1 aliphatic rings. The number of anilines is 1. The third kappa shape index (κ3) is 2.30. The van der Waals surface area contributed by atoms with Gasteiger partial charge in [-0.3, -0.25) is 0 Å². The summed E-state index contributed by atoms with van der Waals surface area (Å²) in [4.78, 5) is 0. The van der Waals surface area contributed by atoms with Gasteiger partial charge in [0.05, 0.1) is 0 Å². The first-order chi connectivity index (χ1) is 8.33. The summed E-state index contributed by atoms with van der Waals surface area (Å²) < 4.78 is 1.93. The Morgan fingerprint density at radius 2 is 2.29 bits per heavy atom. The van der Waals surface area contributed by atoms with Crippen LogP contribution in [0.3, 0.4) is 0 Å². The van der Waals surface area contributed by atoms with Crippen molar-refractivity contribution in [2.24, 2.45) is 13.0 Å². The molecule has 0 unspecified atom stereocenters. The SMILES string of the molecule is Cn1cnnc1-c1cccc(NCC2CC2)c1. The number of rotatable bonds is 4. The topological polar surface area (TPSA) is 42.7 Å². The third-order valence-electron chi connectivity index (χ3n) is 3.12. The highest BCUT2D eigenvalue weighted by Crippen LogP contribution is 2.29. The zero-order valence-corrected chi connectivity index (χ0v) is 9.93. The van der Waals surface area contributed by atoms with Crippen molar-refractivity contribution in [1.29, 1.82) is 0 Å². The lowest BCUT2D eigenvalue weighted by Crippen LogP contribution is -2.03. The summed E-state index contributed by atoms with van der Waals surface area (Å²) in [6.45, 7) is 1.09. The molecule has 1 N–H and O–H groups in total. The molecule has 4 heteroatoms. The fourth-order valence-corrected chi connectivity index (χ4v) is 1.90. The van der Waals surface area contributed by atoms with Crippen LogP contribution in [0.4, 0.5) is 5.69 Å². The van der Waals surface area contributed by atoms with E-state index in [1.54, 1.807) is 6.33 Å². The van der Waals surface area contributed by atoms with E-state index in [2.05, 4.69) is 39.8 Å². The standard InChI is InChI=1S/C13H16N4/c1-17-9-15-16-13(17)11-3-2-4-12(7-11)14-8-10-5-6-10/h2-4,7,9-10,14H,5-6,8H2,1H3. The molecule has 1 saturated carbocycles. The van der Waals surface area contributed by atoms with E-state index in [0.717, 1.165) is 29.5 Å². The van der Waals surface area contributed by atoms with Crippen LogP contribution in [0.15, 0.2) is 30.6 Å². The summed E-state index contributed by atoms with van der Waals surface area (Å²) in [5, 5.41) is 11.5. The maximum Gasteiger partial charge on any atom is 0.163 e. The van der Waals surface area contributed by atoms with Gasteiger partial charge in [0.25, 0.3) is 0 Å². The van der Waals surface area contributed by atoms with Crippen LogP contribution in [0.1, 0.15) is 12.8 Å². The Labute approximate surface area is 101 Å². The smallest absolute Gasteiger partial charge is 0.163 e. The van der Waals surface area contributed by atoms with Crippen LogP contribution >= 0.6 is 0 Å². The minimum Gasteiger partial charge on any atom is -0.385 e. The minimum absolute atomic E-state index is 0.883. The largest absolute Gasteiger partial charge is 0.385 e. The average Bonchev–Trinajstić information content (AvgIpc) is 3.08. The molecule has 1 aliphatic carbocycles. The maximum atomic E-state index is 4.12. The Hall–Kier alpha value is -1.84. The van der Waals surface area contributed by atoms with Gasteiger partial charge in [0.15, 0.2) is 5.82 Å².